The summed E-state index contributed by atoms with van der Waals surface area (Å²) in [6, 6.07) is 54.0. The number of benzene rings is 8. The largest absolute Gasteiger partial charge is 0.376 e. The van der Waals surface area contributed by atoms with Gasteiger partial charge in [0, 0.05) is 49.6 Å². The maximum absolute atomic E-state index is 2.78. The molecule has 0 atom stereocenters. The Balaban J connectivity index is 1.08. The average molecular weight is 933 g/mol. The van der Waals surface area contributed by atoms with Crippen LogP contribution in [0.4, 0.5) is 11.4 Å². The molecule has 0 N–H and O–H groups in total. The lowest BCUT2D eigenvalue weighted by Gasteiger charge is -2.43. The maximum Gasteiger partial charge on any atom is 0.333 e. The minimum absolute atomic E-state index is 0.0313. The van der Waals surface area contributed by atoms with Crippen LogP contribution >= 0.6 is 0 Å². The number of rotatable bonds is 1. The average Bonchev–Trinajstić information content (AvgIpc) is 3.96. The van der Waals surface area contributed by atoms with Crippen molar-refractivity contribution >= 4 is 51.0 Å². The quantitative estimate of drug-likeness (QED) is 0.149. The molecule has 72 heavy (non-hydrogen) atoms. The first kappa shape index (κ1) is 43.0. The molecule has 0 saturated carbocycles. The minimum Gasteiger partial charge on any atom is -0.376 e. The van der Waals surface area contributed by atoms with Crippen LogP contribution in [-0.2, 0) is 32.5 Å². The Kier molecular flexibility index (Phi) is 7.86. The molecular weight excluding hydrogens is 868 g/mol. The first-order valence-corrected chi connectivity index (χ1v) is 26.9. The monoisotopic (exact) mass is 933 g/mol. The standard InChI is InChI=1S/C69H65BN2/c1-64(2,3)38-22-24-39(25-23-38)72-60-33-47-45-31-56-57(66(6,7)29-28-65(56,4)5)35-53(45)69(12,13)52(47)32-49(60)42-26-27-43-48-30-44-40-18-14-16-20-50(40)68(10,11)55(44)37-59(48)71-61-34-46-41-19-15-17-21-51(41)67(8,9)54(46)36-58(61)70(72)62(42)63(43)71/h14-27,30-37H,28-29H2,1-13H3. The van der Waals surface area contributed by atoms with Crippen LogP contribution in [0.3, 0.4) is 0 Å². The first-order chi connectivity index (χ1) is 34.1. The van der Waals surface area contributed by atoms with Gasteiger partial charge in [0.15, 0.2) is 0 Å². The van der Waals surface area contributed by atoms with Crippen LogP contribution in [0.15, 0.2) is 133 Å². The SMILES string of the molecule is CC(C)(C)c1ccc(N2B3c4cc5c(cc4-n4c6cc7c(cc6c6ccc(c3c64)-c3cc4c(cc32)-c2cc3c(cc2C4(C)C)C(C)(C)CCC3(C)C)-c2ccccc2C7(C)C)-c2ccccc2C5(C)C)cc1. The third-order valence-electron chi connectivity index (χ3n) is 19.8. The van der Waals surface area contributed by atoms with Crippen LogP contribution in [-0.4, -0.2) is 11.4 Å². The summed E-state index contributed by atoms with van der Waals surface area (Å²) in [4.78, 5) is 2.78. The molecule has 0 amide bonds. The highest BCUT2D eigenvalue weighted by Gasteiger charge is 2.49. The molecule has 3 heteroatoms. The van der Waals surface area contributed by atoms with Gasteiger partial charge in [0.25, 0.3) is 0 Å². The van der Waals surface area contributed by atoms with Gasteiger partial charge >= 0.3 is 6.85 Å². The zero-order valence-corrected chi connectivity index (χ0v) is 44.6. The van der Waals surface area contributed by atoms with E-state index in [0.717, 1.165) is 0 Å². The molecule has 4 aliphatic carbocycles. The Morgan fingerprint density at radius 3 is 1.58 bits per heavy atom. The van der Waals surface area contributed by atoms with Gasteiger partial charge in [0.05, 0.1) is 11.0 Å². The van der Waals surface area contributed by atoms with Crippen molar-refractivity contribution in [2.45, 2.75) is 135 Å². The topological polar surface area (TPSA) is 8.17 Å². The van der Waals surface area contributed by atoms with Crippen LogP contribution in [0.25, 0.3) is 72.0 Å². The van der Waals surface area contributed by atoms with Gasteiger partial charge in [0.1, 0.15) is 0 Å². The number of fused-ring (bicyclic) bond motifs is 18. The molecule has 2 aliphatic heterocycles. The van der Waals surface area contributed by atoms with Crippen molar-refractivity contribution < 1.29 is 0 Å². The zero-order chi connectivity index (χ0) is 49.7. The Morgan fingerprint density at radius 2 is 0.931 bits per heavy atom. The summed E-state index contributed by atoms with van der Waals surface area (Å²) in [6.45, 7) is 31.6. The van der Waals surface area contributed by atoms with Crippen molar-refractivity contribution in [2.75, 3.05) is 4.81 Å². The Labute approximate surface area is 427 Å². The Morgan fingerprint density at radius 1 is 0.417 bits per heavy atom. The third kappa shape index (κ3) is 5.13. The molecule has 0 fully saturated rings. The molecular formula is C69H65BN2. The predicted molar refractivity (Wildman–Crippen MR) is 306 cm³/mol. The second-order valence-corrected chi connectivity index (χ2v) is 26.8. The van der Waals surface area contributed by atoms with E-state index >= 15 is 0 Å². The lowest BCUT2D eigenvalue weighted by atomic mass is 9.43. The van der Waals surface area contributed by atoms with E-state index in [0.29, 0.717) is 0 Å². The van der Waals surface area contributed by atoms with Gasteiger partial charge in [-0.15, -0.1) is 0 Å². The van der Waals surface area contributed by atoms with Crippen LogP contribution in [0.2, 0.25) is 0 Å². The molecule has 6 aliphatic rings. The lowest BCUT2D eigenvalue weighted by Crippen LogP contribution is -2.60. The Bertz CT molecular complexity index is 3990. The lowest BCUT2D eigenvalue weighted by molar-refractivity contribution is 0.331. The van der Waals surface area contributed by atoms with Crippen molar-refractivity contribution in [3.05, 3.63) is 184 Å². The van der Waals surface area contributed by atoms with Crippen molar-refractivity contribution in [1.82, 2.24) is 4.57 Å². The summed E-state index contributed by atoms with van der Waals surface area (Å²) in [5, 5.41) is 2.67. The summed E-state index contributed by atoms with van der Waals surface area (Å²) in [6.07, 6.45) is 2.41. The van der Waals surface area contributed by atoms with Gasteiger partial charge in [-0.05, 0) is 178 Å². The number of hydrogen-bond donors (Lipinski definition) is 0. The maximum atomic E-state index is 2.78. The summed E-state index contributed by atoms with van der Waals surface area (Å²) >= 11 is 0. The van der Waals surface area contributed by atoms with E-state index < -0.39 is 0 Å². The second-order valence-electron chi connectivity index (χ2n) is 26.8. The van der Waals surface area contributed by atoms with Crippen molar-refractivity contribution in [1.29, 1.82) is 0 Å². The van der Waals surface area contributed by atoms with Crippen LogP contribution < -0.4 is 15.7 Å². The molecule has 1 aromatic heterocycles. The number of aromatic nitrogens is 1. The van der Waals surface area contributed by atoms with E-state index in [-0.39, 0.29) is 39.3 Å². The summed E-state index contributed by atoms with van der Waals surface area (Å²) in [5.41, 5.74) is 33.1. The summed E-state index contributed by atoms with van der Waals surface area (Å²) < 4.78 is 2.72. The molecule has 0 unspecified atom stereocenters. The molecule has 2 nitrogen and oxygen atoms in total. The highest BCUT2D eigenvalue weighted by atomic mass is 15.1. The summed E-state index contributed by atoms with van der Waals surface area (Å²) in [5.74, 6) is 0. The fraction of sp³-hybridized carbons (Fsp3) is 0.304. The van der Waals surface area contributed by atoms with Gasteiger partial charge < -0.3 is 9.38 Å². The smallest absolute Gasteiger partial charge is 0.333 e. The van der Waals surface area contributed by atoms with Crippen molar-refractivity contribution in [2.24, 2.45) is 0 Å². The van der Waals surface area contributed by atoms with Crippen molar-refractivity contribution in [3.63, 3.8) is 0 Å². The van der Waals surface area contributed by atoms with E-state index in [1.807, 2.05) is 0 Å². The molecule has 0 spiro atoms. The van der Waals surface area contributed by atoms with E-state index in [1.165, 1.54) is 152 Å². The molecule has 354 valence electrons. The molecule has 9 aromatic rings. The fourth-order valence-electron chi connectivity index (χ4n) is 15.5. The van der Waals surface area contributed by atoms with E-state index in [2.05, 4.69) is 233 Å². The van der Waals surface area contributed by atoms with Gasteiger partial charge in [-0.25, -0.2) is 0 Å². The van der Waals surface area contributed by atoms with Gasteiger partial charge in [-0.3, -0.25) is 0 Å². The Hall–Kier alpha value is -6.58. The normalized spacial score (nSPS) is 18.7. The number of nitrogens with zero attached hydrogens (tertiary/aromatic N) is 2. The predicted octanol–water partition coefficient (Wildman–Crippen LogP) is 16.6. The van der Waals surface area contributed by atoms with Crippen LogP contribution in [0.1, 0.15) is 153 Å². The van der Waals surface area contributed by atoms with Gasteiger partial charge in [-0.2, -0.15) is 0 Å². The highest BCUT2D eigenvalue weighted by Crippen LogP contribution is 2.59. The second kappa shape index (κ2) is 13.1. The van der Waals surface area contributed by atoms with Crippen molar-refractivity contribution in [3.8, 4) is 50.2 Å². The van der Waals surface area contributed by atoms with Crippen LogP contribution in [0, 0.1) is 0 Å². The van der Waals surface area contributed by atoms with Gasteiger partial charge in [-0.1, -0.05) is 175 Å². The first-order valence-electron chi connectivity index (χ1n) is 26.9. The van der Waals surface area contributed by atoms with Gasteiger partial charge in [0.2, 0.25) is 0 Å². The van der Waals surface area contributed by atoms with Crippen LogP contribution in [0.5, 0.6) is 0 Å². The minimum atomic E-state index is -0.171. The molecule has 0 saturated heterocycles. The summed E-state index contributed by atoms with van der Waals surface area (Å²) in [7, 11) is 0. The number of anilines is 2. The fourth-order valence-corrected chi connectivity index (χ4v) is 15.5. The molecule has 0 bridgehead atoms. The van der Waals surface area contributed by atoms with E-state index in [4.69, 9.17) is 0 Å². The highest BCUT2D eigenvalue weighted by molar-refractivity contribution is 6.93. The zero-order valence-electron chi connectivity index (χ0n) is 44.6. The molecule has 0 radical (unpaired) electrons. The molecule has 8 aromatic carbocycles. The molecule has 3 heterocycles. The molecule has 15 rings (SSSR count). The van der Waals surface area contributed by atoms with E-state index in [9.17, 15) is 0 Å². The number of hydrogen-bond acceptors (Lipinski definition) is 1. The van der Waals surface area contributed by atoms with E-state index in [1.54, 1.807) is 5.56 Å². The third-order valence-corrected chi connectivity index (χ3v) is 19.8.